The summed E-state index contributed by atoms with van der Waals surface area (Å²) in [6, 6.07) is -0.428. The van der Waals surface area contributed by atoms with E-state index in [0.29, 0.717) is 6.42 Å². The Morgan fingerprint density at radius 2 is 1.83 bits per heavy atom. The molecule has 1 amide bonds. The number of hydrogen-bond acceptors (Lipinski definition) is 1. The molecule has 0 aliphatic heterocycles. The van der Waals surface area contributed by atoms with Crippen molar-refractivity contribution in [2.75, 3.05) is 0 Å². The van der Waals surface area contributed by atoms with E-state index in [4.69, 9.17) is 0 Å². The normalized spacial score (nSPS) is 19.9. The minimum atomic E-state index is -4.60. The predicted octanol–water partition coefficient (Wildman–Crippen LogP) is 3.36. The van der Waals surface area contributed by atoms with Crippen molar-refractivity contribution < 1.29 is 22.4 Å². The van der Waals surface area contributed by atoms with Gasteiger partial charge in [-0.1, -0.05) is 26.2 Å². The quantitative estimate of drug-likeness (QED) is 0.762. The zero-order chi connectivity index (χ0) is 13.8. The first-order valence-corrected chi connectivity index (χ1v) is 6.36. The molecular formula is C12H19F4NO. The van der Waals surface area contributed by atoms with Gasteiger partial charge in [0.25, 0.3) is 5.91 Å². The van der Waals surface area contributed by atoms with Crippen LogP contribution >= 0.6 is 0 Å². The van der Waals surface area contributed by atoms with Crippen molar-refractivity contribution >= 4 is 5.91 Å². The second-order valence-corrected chi connectivity index (χ2v) is 4.81. The zero-order valence-corrected chi connectivity index (χ0v) is 10.4. The molecule has 1 fully saturated rings. The Labute approximate surface area is 104 Å². The lowest BCUT2D eigenvalue weighted by Gasteiger charge is -2.31. The monoisotopic (exact) mass is 269 g/mol. The summed E-state index contributed by atoms with van der Waals surface area (Å²) in [5, 5.41) is 2.09. The first-order chi connectivity index (χ1) is 8.39. The third-order valence-corrected chi connectivity index (χ3v) is 3.55. The highest BCUT2D eigenvalue weighted by Crippen LogP contribution is 2.29. The van der Waals surface area contributed by atoms with Gasteiger partial charge in [-0.2, -0.15) is 8.78 Å². The van der Waals surface area contributed by atoms with E-state index in [-0.39, 0.29) is 5.92 Å². The fourth-order valence-electron chi connectivity index (χ4n) is 2.45. The molecule has 1 saturated carbocycles. The molecule has 0 aromatic heterocycles. The Morgan fingerprint density at radius 3 is 2.28 bits per heavy atom. The van der Waals surface area contributed by atoms with E-state index in [1.807, 2.05) is 0 Å². The Morgan fingerprint density at radius 1 is 1.28 bits per heavy atom. The van der Waals surface area contributed by atoms with Gasteiger partial charge in [0.05, 0.1) is 0 Å². The number of rotatable bonds is 5. The van der Waals surface area contributed by atoms with Gasteiger partial charge in [-0.05, 0) is 25.2 Å². The van der Waals surface area contributed by atoms with Gasteiger partial charge in [-0.25, -0.2) is 8.78 Å². The smallest absolute Gasteiger partial charge is 0.348 e. The molecule has 1 aliphatic carbocycles. The molecule has 6 heteroatoms. The SMILES string of the molecule is CCC(NC(=O)C(F)(F)C(F)F)C1CCCCC1. The number of alkyl halides is 4. The molecule has 0 radical (unpaired) electrons. The van der Waals surface area contributed by atoms with Crippen LogP contribution in [0.3, 0.4) is 0 Å². The molecule has 1 atom stereocenters. The van der Waals surface area contributed by atoms with Crippen molar-refractivity contribution in [3.8, 4) is 0 Å². The van der Waals surface area contributed by atoms with Gasteiger partial charge in [0.2, 0.25) is 0 Å². The molecule has 0 spiro atoms. The molecule has 0 saturated heterocycles. The first kappa shape index (κ1) is 15.2. The third kappa shape index (κ3) is 3.59. The zero-order valence-electron chi connectivity index (χ0n) is 10.4. The second-order valence-electron chi connectivity index (χ2n) is 4.81. The summed E-state index contributed by atoms with van der Waals surface area (Å²) in [6.45, 7) is 1.76. The molecular weight excluding hydrogens is 250 g/mol. The van der Waals surface area contributed by atoms with Crippen LogP contribution < -0.4 is 5.32 Å². The number of carbonyl (C=O) groups is 1. The average Bonchev–Trinajstić information content (AvgIpc) is 2.36. The number of carbonyl (C=O) groups excluding carboxylic acids is 1. The summed E-state index contributed by atoms with van der Waals surface area (Å²) in [4.78, 5) is 11.2. The van der Waals surface area contributed by atoms with E-state index in [2.05, 4.69) is 5.32 Å². The standard InChI is InChI=1S/C12H19F4NO/c1-2-9(8-6-4-3-5-7-8)17-11(18)12(15,16)10(13)14/h8-10H,2-7H2,1H3,(H,17,18). The van der Waals surface area contributed by atoms with Crippen molar-refractivity contribution in [2.45, 2.75) is 63.8 Å². The number of hydrogen-bond donors (Lipinski definition) is 1. The van der Waals surface area contributed by atoms with Crippen LogP contribution in [0.1, 0.15) is 45.4 Å². The van der Waals surface area contributed by atoms with Crippen LogP contribution in [0.5, 0.6) is 0 Å². The van der Waals surface area contributed by atoms with E-state index < -0.39 is 24.3 Å². The third-order valence-electron chi connectivity index (χ3n) is 3.55. The molecule has 2 nitrogen and oxygen atoms in total. The Hall–Kier alpha value is -0.810. The highest BCUT2D eigenvalue weighted by atomic mass is 19.3. The van der Waals surface area contributed by atoms with Crippen LogP contribution in [0, 0.1) is 5.92 Å². The van der Waals surface area contributed by atoms with Gasteiger partial charge in [0.15, 0.2) is 0 Å². The summed E-state index contributed by atoms with van der Waals surface area (Å²) in [7, 11) is 0. The van der Waals surface area contributed by atoms with Gasteiger partial charge in [-0.15, -0.1) is 0 Å². The lowest BCUT2D eigenvalue weighted by Crippen LogP contribution is -2.51. The van der Waals surface area contributed by atoms with Gasteiger partial charge in [0, 0.05) is 6.04 Å². The van der Waals surface area contributed by atoms with Gasteiger partial charge >= 0.3 is 12.3 Å². The van der Waals surface area contributed by atoms with Crippen molar-refractivity contribution in [1.29, 1.82) is 0 Å². The Balaban J connectivity index is 2.59. The highest BCUT2D eigenvalue weighted by Gasteiger charge is 2.49. The molecule has 0 aromatic carbocycles. The van der Waals surface area contributed by atoms with Crippen LogP contribution in [0.4, 0.5) is 17.6 Å². The maximum atomic E-state index is 12.8. The number of halogens is 4. The summed E-state index contributed by atoms with van der Waals surface area (Å²) >= 11 is 0. The first-order valence-electron chi connectivity index (χ1n) is 6.36. The molecule has 1 N–H and O–H groups in total. The number of amides is 1. The van der Waals surface area contributed by atoms with Crippen LogP contribution in [-0.2, 0) is 4.79 Å². The van der Waals surface area contributed by atoms with Crippen molar-refractivity contribution in [3.63, 3.8) is 0 Å². The summed E-state index contributed by atoms with van der Waals surface area (Å²) < 4.78 is 49.8. The Kier molecular flexibility index (Phi) is 5.41. The molecule has 106 valence electrons. The van der Waals surface area contributed by atoms with Crippen LogP contribution in [0.25, 0.3) is 0 Å². The average molecular weight is 269 g/mol. The predicted molar refractivity (Wildman–Crippen MR) is 59.7 cm³/mol. The van der Waals surface area contributed by atoms with E-state index in [1.54, 1.807) is 6.92 Å². The van der Waals surface area contributed by atoms with Crippen molar-refractivity contribution in [2.24, 2.45) is 5.92 Å². The summed E-state index contributed by atoms with van der Waals surface area (Å²) in [5.41, 5.74) is 0. The molecule has 1 unspecified atom stereocenters. The molecule has 1 rings (SSSR count). The van der Waals surface area contributed by atoms with Gasteiger partial charge in [0.1, 0.15) is 0 Å². The number of nitrogens with one attached hydrogen (secondary N) is 1. The lowest BCUT2D eigenvalue weighted by atomic mass is 9.83. The van der Waals surface area contributed by atoms with Gasteiger partial charge in [-0.3, -0.25) is 4.79 Å². The molecule has 0 bridgehead atoms. The fourth-order valence-corrected chi connectivity index (χ4v) is 2.45. The summed E-state index contributed by atoms with van der Waals surface area (Å²) in [5.74, 6) is -6.32. The van der Waals surface area contributed by atoms with Gasteiger partial charge < -0.3 is 5.32 Å². The lowest BCUT2D eigenvalue weighted by molar-refractivity contribution is -0.170. The minimum absolute atomic E-state index is 0.126. The molecule has 1 aliphatic rings. The Bertz CT molecular complexity index is 277. The molecule has 18 heavy (non-hydrogen) atoms. The molecule has 0 heterocycles. The maximum Gasteiger partial charge on any atom is 0.383 e. The topological polar surface area (TPSA) is 29.1 Å². The van der Waals surface area contributed by atoms with Crippen LogP contribution in [0.2, 0.25) is 0 Å². The molecule has 0 aromatic rings. The van der Waals surface area contributed by atoms with E-state index >= 15 is 0 Å². The maximum absolute atomic E-state index is 12.8. The van der Waals surface area contributed by atoms with E-state index in [1.165, 1.54) is 0 Å². The van der Waals surface area contributed by atoms with Crippen LogP contribution in [-0.4, -0.2) is 24.3 Å². The van der Waals surface area contributed by atoms with E-state index in [0.717, 1.165) is 32.1 Å². The minimum Gasteiger partial charge on any atom is -0.348 e. The van der Waals surface area contributed by atoms with Crippen LogP contribution in [0.15, 0.2) is 0 Å². The highest BCUT2D eigenvalue weighted by molar-refractivity contribution is 5.84. The van der Waals surface area contributed by atoms with Crippen molar-refractivity contribution in [3.05, 3.63) is 0 Å². The van der Waals surface area contributed by atoms with E-state index in [9.17, 15) is 22.4 Å². The summed E-state index contributed by atoms with van der Waals surface area (Å²) in [6.07, 6.45) is 1.35. The largest absolute Gasteiger partial charge is 0.383 e. The van der Waals surface area contributed by atoms with Crippen molar-refractivity contribution in [1.82, 2.24) is 5.32 Å². The second kappa shape index (κ2) is 6.38. The fraction of sp³-hybridized carbons (Fsp3) is 0.917.